The number of fused-ring (bicyclic) bond motifs is 4. The molecule has 0 bridgehead atoms. The Morgan fingerprint density at radius 1 is 0.538 bits per heavy atom. The van der Waals surface area contributed by atoms with E-state index in [1.165, 1.54) is 22.3 Å². The minimum atomic E-state index is 0. The second-order valence-corrected chi connectivity index (χ2v) is 3.09. The molecule has 0 aromatic heterocycles. The van der Waals surface area contributed by atoms with Gasteiger partial charge in [0.15, 0.2) is 0 Å². The van der Waals surface area contributed by atoms with E-state index in [0.717, 1.165) is 0 Å². The zero-order chi connectivity index (χ0) is 7.97. The van der Waals surface area contributed by atoms with Gasteiger partial charge in [0.25, 0.3) is 0 Å². The fourth-order valence-electron chi connectivity index (χ4n) is 1.84. The fraction of sp³-hybridized carbons (Fsp3) is 0. The van der Waals surface area contributed by atoms with Crippen LogP contribution in [0.4, 0.5) is 0 Å². The minimum Gasteiger partial charge on any atom is -1.00 e. The number of benzene rings is 2. The van der Waals surface area contributed by atoms with Crippen molar-refractivity contribution in [2.75, 3.05) is 0 Å². The molecule has 2 aromatic carbocycles. The Morgan fingerprint density at radius 2 is 0.769 bits per heavy atom. The zero-order valence-corrected chi connectivity index (χ0v) is 8.74. The van der Waals surface area contributed by atoms with Crippen LogP contribution in [0.25, 0.3) is 22.3 Å². The van der Waals surface area contributed by atoms with Gasteiger partial charge in [-0.05, 0) is 22.3 Å². The monoisotopic (exact) mass is 178 g/mol. The van der Waals surface area contributed by atoms with E-state index in [9.17, 15) is 0 Å². The van der Waals surface area contributed by atoms with Gasteiger partial charge in [-0.2, -0.15) is 0 Å². The summed E-state index contributed by atoms with van der Waals surface area (Å²) in [6.07, 6.45) is 0. The third-order valence-corrected chi connectivity index (χ3v) is 2.43. The van der Waals surface area contributed by atoms with Crippen molar-refractivity contribution in [3.63, 3.8) is 0 Å². The third kappa shape index (κ3) is 1.11. The second kappa shape index (κ2) is 3.16. The maximum absolute atomic E-state index is 2.18. The Bertz CT molecular complexity index is 355. The predicted octanol–water partition coefficient (Wildman–Crippen LogP) is 3.18. The molecule has 3 rings (SSSR count). The Morgan fingerprint density at radius 3 is 1.00 bits per heavy atom. The molecule has 0 saturated heterocycles. The maximum atomic E-state index is 2.18. The van der Waals surface area contributed by atoms with Crippen molar-refractivity contribution in [1.29, 1.82) is 0 Å². The van der Waals surface area contributed by atoms with E-state index >= 15 is 0 Å². The van der Waals surface area contributed by atoms with Crippen molar-refractivity contribution in [3.05, 3.63) is 48.5 Å². The molecule has 0 nitrogen and oxygen atoms in total. The van der Waals surface area contributed by atoms with Crippen LogP contribution in [0.3, 0.4) is 0 Å². The Balaban J connectivity index is 0.000000653. The second-order valence-electron chi connectivity index (χ2n) is 3.09. The van der Waals surface area contributed by atoms with Gasteiger partial charge in [-0.1, -0.05) is 48.5 Å². The van der Waals surface area contributed by atoms with Gasteiger partial charge in [-0.25, -0.2) is 0 Å². The first-order valence-corrected chi connectivity index (χ1v) is 4.15. The van der Waals surface area contributed by atoms with Crippen LogP contribution in [0.1, 0.15) is 2.85 Å². The Hall–Kier alpha value is -0.794. The molecular formula is C12H10Mg. The van der Waals surface area contributed by atoms with E-state index in [4.69, 9.17) is 0 Å². The van der Waals surface area contributed by atoms with Crippen molar-refractivity contribution < 1.29 is 2.85 Å². The molecule has 2 aromatic rings. The fourth-order valence-corrected chi connectivity index (χ4v) is 1.84. The number of rotatable bonds is 0. The van der Waals surface area contributed by atoms with Gasteiger partial charge in [0.1, 0.15) is 0 Å². The molecule has 0 aliphatic heterocycles. The van der Waals surface area contributed by atoms with Crippen LogP contribution >= 0.6 is 0 Å². The largest absolute Gasteiger partial charge is 2.00 e. The zero-order valence-electron chi connectivity index (χ0n) is 9.33. The van der Waals surface area contributed by atoms with Crippen molar-refractivity contribution in [3.8, 4) is 22.3 Å². The van der Waals surface area contributed by atoms with Crippen molar-refractivity contribution >= 4 is 23.1 Å². The van der Waals surface area contributed by atoms with Crippen molar-refractivity contribution in [2.45, 2.75) is 0 Å². The van der Waals surface area contributed by atoms with Gasteiger partial charge in [-0.15, -0.1) is 0 Å². The standard InChI is InChI=1S/C12H8.Mg.2H/c1-2-6-10-9(5-1)11-7-3-4-8-12(10)11;;;/h1-8H;;;/q;+2;2*-1. The van der Waals surface area contributed by atoms with E-state index in [0.29, 0.717) is 0 Å². The van der Waals surface area contributed by atoms with E-state index in [1.54, 1.807) is 0 Å². The van der Waals surface area contributed by atoms with Crippen LogP contribution in [-0.2, 0) is 0 Å². The molecule has 60 valence electrons. The first-order chi connectivity index (χ1) is 5.97. The molecule has 0 radical (unpaired) electrons. The van der Waals surface area contributed by atoms with E-state index in [2.05, 4.69) is 48.5 Å². The van der Waals surface area contributed by atoms with Crippen LogP contribution in [0.15, 0.2) is 48.5 Å². The summed E-state index contributed by atoms with van der Waals surface area (Å²) in [5, 5.41) is 0. The Labute approximate surface area is 96.7 Å². The van der Waals surface area contributed by atoms with E-state index in [1.807, 2.05) is 0 Å². The smallest absolute Gasteiger partial charge is 1.00 e. The van der Waals surface area contributed by atoms with Gasteiger partial charge in [0.2, 0.25) is 0 Å². The first kappa shape index (κ1) is 8.79. The van der Waals surface area contributed by atoms with Gasteiger partial charge < -0.3 is 2.85 Å². The minimum absolute atomic E-state index is 0. The van der Waals surface area contributed by atoms with Crippen LogP contribution in [-0.4, -0.2) is 23.1 Å². The van der Waals surface area contributed by atoms with Crippen LogP contribution in [0.2, 0.25) is 0 Å². The van der Waals surface area contributed by atoms with Gasteiger partial charge >= 0.3 is 23.1 Å². The molecule has 0 atom stereocenters. The molecular weight excluding hydrogens is 168 g/mol. The number of hydrogen-bond donors (Lipinski definition) is 0. The molecule has 0 amide bonds. The van der Waals surface area contributed by atoms with Crippen LogP contribution in [0, 0.1) is 0 Å². The molecule has 0 fully saturated rings. The predicted molar refractivity (Wildman–Crippen MR) is 58.9 cm³/mol. The summed E-state index contributed by atoms with van der Waals surface area (Å²) in [5.74, 6) is 0. The Kier molecular flexibility index (Phi) is 2.14. The SMILES string of the molecule is [H-].[H-].[Mg+2].c1ccc2c(c1)-c1ccccc1-2. The summed E-state index contributed by atoms with van der Waals surface area (Å²) < 4.78 is 0. The molecule has 0 heterocycles. The maximum Gasteiger partial charge on any atom is 2.00 e. The van der Waals surface area contributed by atoms with Crippen molar-refractivity contribution in [1.82, 2.24) is 0 Å². The summed E-state index contributed by atoms with van der Waals surface area (Å²) >= 11 is 0. The molecule has 0 spiro atoms. The van der Waals surface area contributed by atoms with Gasteiger partial charge in [0.05, 0.1) is 0 Å². The van der Waals surface area contributed by atoms with E-state index in [-0.39, 0.29) is 25.9 Å². The molecule has 1 heteroatoms. The summed E-state index contributed by atoms with van der Waals surface area (Å²) in [5.41, 5.74) is 5.59. The quantitative estimate of drug-likeness (QED) is 0.464. The molecule has 1 aliphatic rings. The summed E-state index contributed by atoms with van der Waals surface area (Å²) in [7, 11) is 0. The molecule has 0 N–H and O–H groups in total. The van der Waals surface area contributed by atoms with Gasteiger partial charge in [-0.3, -0.25) is 0 Å². The summed E-state index contributed by atoms with van der Waals surface area (Å²) in [4.78, 5) is 0. The molecule has 13 heavy (non-hydrogen) atoms. The van der Waals surface area contributed by atoms with Gasteiger partial charge in [0, 0.05) is 0 Å². The summed E-state index contributed by atoms with van der Waals surface area (Å²) in [6.45, 7) is 0. The third-order valence-electron chi connectivity index (χ3n) is 2.43. The van der Waals surface area contributed by atoms with Crippen LogP contribution < -0.4 is 0 Å². The van der Waals surface area contributed by atoms with E-state index < -0.39 is 0 Å². The average molecular weight is 179 g/mol. The molecule has 1 aliphatic carbocycles. The van der Waals surface area contributed by atoms with Crippen LogP contribution in [0.5, 0.6) is 0 Å². The first-order valence-electron chi connectivity index (χ1n) is 4.15. The van der Waals surface area contributed by atoms with Crippen molar-refractivity contribution in [2.24, 2.45) is 0 Å². The molecule has 0 unspecified atom stereocenters. The normalized spacial score (nSPS) is 10.5. The molecule has 0 saturated carbocycles. The topological polar surface area (TPSA) is 0 Å². The number of hydrogen-bond acceptors (Lipinski definition) is 0. The summed E-state index contributed by atoms with van der Waals surface area (Å²) in [6, 6.07) is 17.1. The average Bonchev–Trinajstić information content (AvgIpc) is 2.14.